The highest BCUT2D eigenvalue weighted by atomic mass is 35.5. The van der Waals surface area contributed by atoms with Crippen molar-refractivity contribution in [2.24, 2.45) is 0 Å². The number of anilines is 1. The minimum Gasteiger partial charge on any atom is -0.778 e. The number of terminal acetylenes is 1. The van der Waals surface area contributed by atoms with E-state index in [1.807, 2.05) is 26.1 Å². The Balaban J connectivity index is 0.000000526. The van der Waals surface area contributed by atoms with Crippen molar-refractivity contribution in [1.29, 1.82) is 0 Å². The standard InChI is InChI=1S/C15H14Cl2N2O3.C14H10F4N4O7S.C3H8NO5P.C3H9S/c1-5-6-21-12-8-11(9(16)7-10(12)17)19-14(20)22-13(18-19)15(2,3)4;15-11(16)28-8-5-9(29-12(17)18)20-13(19-8)21-14(25)22-30(26,27)7-4-2-1-3-6(7)10(23)24;5-3(6)1-4-2-10(7,8)9;1-4(2)3/h1,7-8H,6H2,2-4H3;1-5,11-12H,(H,23,24)(H2,19,20,21,22,25);4H,1-2H2,(H,5,6)(H2,7,8,9);1-3H3/q;;;+1/p-1. The maximum absolute atomic E-state index is 12.3. The van der Waals surface area contributed by atoms with Crippen LogP contribution < -0.4 is 40.2 Å². The largest absolute Gasteiger partial charge is 0.778 e. The molecule has 31 heteroatoms. The van der Waals surface area contributed by atoms with Gasteiger partial charge in [-0.1, -0.05) is 62.0 Å². The lowest BCUT2D eigenvalue weighted by Gasteiger charge is -2.14. The van der Waals surface area contributed by atoms with E-state index in [1.165, 1.54) is 29.0 Å². The van der Waals surface area contributed by atoms with Crippen LogP contribution >= 0.6 is 30.8 Å². The molecule has 0 aliphatic rings. The second kappa shape index (κ2) is 26.5. The molecule has 1 atom stereocenters. The average molecular weight is 1040 g/mol. The highest BCUT2D eigenvalue weighted by Crippen LogP contribution is 2.33. The van der Waals surface area contributed by atoms with Gasteiger partial charge in [-0.2, -0.15) is 32.2 Å². The van der Waals surface area contributed by atoms with Crippen molar-refractivity contribution in [1.82, 2.24) is 29.8 Å². The number of sulfonamides is 1. The maximum atomic E-state index is 12.3. The molecule has 0 saturated carbocycles. The number of carboxylic acid groups (broad SMARTS) is 2. The lowest BCUT2D eigenvalue weighted by molar-refractivity contribution is -0.193. The number of ether oxygens (including phenoxy) is 3. The smallest absolute Gasteiger partial charge is 0.442 e. The number of nitrogens with one attached hydrogen (secondary N) is 3. The Morgan fingerprint density at radius 3 is 2.02 bits per heavy atom. The summed E-state index contributed by atoms with van der Waals surface area (Å²) in [7, 11) is -8.42. The first-order valence-electron chi connectivity index (χ1n) is 17.4. The Morgan fingerprint density at radius 2 is 1.56 bits per heavy atom. The number of alkyl halides is 4. The quantitative estimate of drug-likeness (QED) is 0.0424. The van der Waals surface area contributed by atoms with E-state index in [0.29, 0.717) is 34.3 Å². The number of carboxylic acids is 2. The second-order valence-corrected chi connectivity index (χ2v) is 19.9. The molecule has 0 bridgehead atoms. The number of urea groups is 1. The number of nitrogens with zero attached hydrogens (tertiary/aromatic N) is 4. The van der Waals surface area contributed by atoms with E-state index < -0.39 is 101 Å². The van der Waals surface area contributed by atoms with Gasteiger partial charge in [-0.25, -0.2) is 27.5 Å². The summed E-state index contributed by atoms with van der Waals surface area (Å²) in [5.74, 6) is -3.32. The van der Waals surface area contributed by atoms with Crippen molar-refractivity contribution < 1.29 is 83.6 Å². The lowest BCUT2D eigenvalue weighted by atomic mass is 9.97. The first-order chi connectivity index (χ1) is 30.4. The van der Waals surface area contributed by atoms with Gasteiger partial charge in [0, 0.05) is 11.5 Å². The van der Waals surface area contributed by atoms with E-state index in [-0.39, 0.29) is 16.7 Å². The second-order valence-electron chi connectivity index (χ2n) is 13.4. The van der Waals surface area contributed by atoms with Crippen LogP contribution in [-0.2, 0) is 35.7 Å². The van der Waals surface area contributed by atoms with E-state index in [9.17, 15) is 54.6 Å². The molecule has 4 aromatic rings. The zero-order valence-electron chi connectivity index (χ0n) is 35.0. The summed E-state index contributed by atoms with van der Waals surface area (Å²) in [6.07, 6.45) is 11.0. The molecule has 2 heterocycles. The molecule has 4 rings (SSSR count). The summed E-state index contributed by atoms with van der Waals surface area (Å²) >= 11 is 12.2. The van der Waals surface area contributed by atoms with E-state index >= 15 is 0 Å². The Bertz CT molecular complexity index is 2530. The van der Waals surface area contributed by atoms with Gasteiger partial charge in [0.05, 0.1) is 59.0 Å². The van der Waals surface area contributed by atoms with Gasteiger partial charge in [-0.05, 0) is 29.1 Å². The Morgan fingerprint density at radius 1 is 1.02 bits per heavy atom. The predicted octanol–water partition coefficient (Wildman–Crippen LogP) is 3.99. The van der Waals surface area contributed by atoms with Crippen LogP contribution in [0.1, 0.15) is 37.0 Å². The van der Waals surface area contributed by atoms with Crippen LogP contribution in [0.5, 0.6) is 17.5 Å². The minimum atomic E-state index is -4.71. The number of aliphatic carboxylic acids is 1. The highest BCUT2D eigenvalue weighted by molar-refractivity contribution is 7.94. The van der Waals surface area contributed by atoms with E-state index in [1.54, 1.807) is 5.32 Å². The molecule has 2 amide bonds. The molecule has 0 aliphatic heterocycles. The maximum Gasteiger partial charge on any atom is 0.442 e. The zero-order chi connectivity index (χ0) is 50.7. The summed E-state index contributed by atoms with van der Waals surface area (Å²) < 4.78 is 105. The van der Waals surface area contributed by atoms with Gasteiger partial charge in [-0.15, -0.1) is 11.5 Å². The molecule has 1 unspecified atom stereocenters. The predicted molar refractivity (Wildman–Crippen MR) is 229 cm³/mol. The zero-order valence-corrected chi connectivity index (χ0v) is 39.0. The number of hydrogen-bond donors (Lipinski definition) is 6. The van der Waals surface area contributed by atoms with Crippen molar-refractivity contribution in [2.75, 3.05) is 43.5 Å². The van der Waals surface area contributed by atoms with Crippen molar-refractivity contribution >= 4 is 75.6 Å². The molecule has 0 spiro atoms. The molecule has 0 radical (unpaired) electrons. The van der Waals surface area contributed by atoms with Crippen LogP contribution in [-0.4, -0.2) is 113 Å². The average Bonchev–Trinajstić information content (AvgIpc) is 3.55. The Kier molecular flexibility index (Phi) is 23.4. The molecule has 2 aromatic heterocycles. The summed E-state index contributed by atoms with van der Waals surface area (Å²) in [5.41, 5.74) is -0.747. The molecular weight excluding hydrogens is 1000 g/mol. The van der Waals surface area contributed by atoms with Crippen LogP contribution in [0.4, 0.5) is 28.3 Å². The van der Waals surface area contributed by atoms with Crippen LogP contribution in [0.2, 0.25) is 10.0 Å². The van der Waals surface area contributed by atoms with Gasteiger partial charge in [0.15, 0.2) is 0 Å². The molecule has 0 saturated heterocycles. The van der Waals surface area contributed by atoms with Gasteiger partial charge < -0.3 is 43.2 Å². The molecular formula is C35H40Cl2F4N7O15PS2. The van der Waals surface area contributed by atoms with Crippen LogP contribution in [0.25, 0.3) is 5.69 Å². The van der Waals surface area contributed by atoms with Crippen molar-refractivity contribution in [3.63, 3.8) is 0 Å². The number of hydrogen-bond acceptors (Lipinski definition) is 16. The summed E-state index contributed by atoms with van der Waals surface area (Å²) in [6, 6.07) is 6.18. The van der Waals surface area contributed by atoms with Gasteiger partial charge in [0.1, 0.15) is 24.8 Å². The number of carbonyl (C=O) groups excluding carboxylic acids is 1. The van der Waals surface area contributed by atoms with E-state index in [2.05, 4.69) is 49.2 Å². The molecule has 6 N–H and O–H groups in total. The summed E-state index contributed by atoms with van der Waals surface area (Å²) in [6.45, 7) is -1.61. The Labute approximate surface area is 385 Å². The van der Waals surface area contributed by atoms with Crippen LogP contribution in [0.3, 0.4) is 0 Å². The molecule has 364 valence electrons. The number of carbonyl (C=O) groups is 3. The number of rotatable bonds is 15. The molecule has 0 aliphatic carbocycles. The first-order valence-corrected chi connectivity index (χ1v) is 23.9. The Hall–Kier alpha value is -5.66. The highest BCUT2D eigenvalue weighted by Gasteiger charge is 2.26. The third-order valence-electron chi connectivity index (χ3n) is 6.28. The van der Waals surface area contributed by atoms with E-state index in [4.69, 9.17) is 53.9 Å². The van der Waals surface area contributed by atoms with Crippen LogP contribution in [0.15, 0.2) is 56.6 Å². The summed E-state index contributed by atoms with van der Waals surface area (Å²) in [5, 5.41) is 25.4. The number of halogens is 6. The van der Waals surface area contributed by atoms with E-state index in [0.717, 1.165) is 16.8 Å². The number of benzene rings is 2. The van der Waals surface area contributed by atoms with Gasteiger partial charge >= 0.3 is 36.9 Å². The monoisotopic (exact) mass is 1040 g/mol. The van der Waals surface area contributed by atoms with Crippen molar-refractivity contribution in [3.8, 4) is 35.5 Å². The first kappa shape index (κ1) is 58.4. The fourth-order valence-corrected chi connectivity index (χ4v) is 5.91. The van der Waals surface area contributed by atoms with Gasteiger partial charge in [0.2, 0.25) is 23.6 Å². The third-order valence-corrected chi connectivity index (χ3v) is 8.89. The van der Waals surface area contributed by atoms with Crippen molar-refractivity contribution in [2.45, 2.75) is 44.3 Å². The normalized spacial score (nSPS) is 11.9. The lowest BCUT2D eigenvalue weighted by Crippen LogP contribution is -2.35. The molecule has 22 nitrogen and oxygen atoms in total. The molecule has 0 fully saturated rings. The number of aromatic carboxylic acids is 1. The number of aromatic nitrogens is 4. The van der Waals surface area contributed by atoms with Gasteiger partial charge in [0.25, 0.3) is 10.0 Å². The molecule has 2 aromatic carbocycles. The molecule has 66 heavy (non-hydrogen) atoms. The fourth-order valence-electron chi connectivity index (χ4n) is 3.89. The van der Waals surface area contributed by atoms with Gasteiger partial charge in [-0.3, -0.25) is 15.4 Å². The number of amides is 2. The summed E-state index contributed by atoms with van der Waals surface area (Å²) in [4.78, 5) is 68.6. The van der Waals surface area contributed by atoms with Crippen LogP contribution in [0, 0.1) is 12.3 Å². The SMILES string of the molecule is C#CCOc1cc(-n2nc(C(C)(C)C)oc2=O)c(Cl)cc1Cl.C[S+](C)C.O=C(Nc1nc(OC(F)F)cc(OC(F)F)n1)NS(=O)(=O)c1ccccc1C(=O)O.O=C(O)CNCP(=O)([O-])O. The topological polar surface area (TPSA) is 324 Å². The third kappa shape index (κ3) is 22.0. The fraction of sp³-hybridized carbons (Fsp3) is 0.343. The van der Waals surface area contributed by atoms with Crippen molar-refractivity contribution in [3.05, 3.63) is 74.5 Å². The minimum absolute atomic E-state index is 0.0434.